The Labute approximate surface area is 143 Å². The van der Waals surface area contributed by atoms with E-state index < -0.39 is 11.7 Å². The van der Waals surface area contributed by atoms with Gasteiger partial charge in [-0.1, -0.05) is 18.2 Å². The van der Waals surface area contributed by atoms with Crippen molar-refractivity contribution in [1.29, 1.82) is 0 Å². The highest BCUT2D eigenvalue weighted by molar-refractivity contribution is 5.92. The third kappa shape index (κ3) is 3.81. The van der Waals surface area contributed by atoms with Gasteiger partial charge in [0, 0.05) is 13.1 Å². The number of carbonyl (C=O) groups excluding carboxylic acids is 1. The fourth-order valence-electron chi connectivity index (χ4n) is 3.18. The van der Waals surface area contributed by atoms with Crippen LogP contribution in [0.25, 0.3) is 0 Å². The van der Waals surface area contributed by atoms with Gasteiger partial charge in [0.1, 0.15) is 0 Å². The highest BCUT2D eigenvalue weighted by atomic mass is 19.4. The first-order chi connectivity index (χ1) is 11.9. The minimum atomic E-state index is -4.36. The van der Waals surface area contributed by atoms with Gasteiger partial charge in [-0.2, -0.15) is 18.3 Å². The van der Waals surface area contributed by atoms with Crippen LogP contribution in [0.15, 0.2) is 36.4 Å². The largest absolute Gasteiger partial charge is 0.416 e. The Hall–Kier alpha value is -2.44. The normalized spacial score (nSPS) is 16.1. The molecule has 7 heteroatoms. The maximum Gasteiger partial charge on any atom is 0.416 e. The quantitative estimate of drug-likeness (QED) is 0.828. The molecule has 0 bridgehead atoms. The lowest BCUT2D eigenvalue weighted by Crippen LogP contribution is -2.38. The number of rotatable bonds is 2. The topological polar surface area (TPSA) is 46.1 Å². The second-order valence-corrected chi connectivity index (χ2v) is 6.21. The zero-order valence-corrected chi connectivity index (χ0v) is 13.8. The Bertz CT molecular complexity index is 751. The van der Waals surface area contributed by atoms with E-state index in [0.29, 0.717) is 31.5 Å². The van der Waals surface area contributed by atoms with Gasteiger partial charge >= 0.3 is 6.18 Å². The minimum Gasteiger partial charge on any atom is -0.337 e. The van der Waals surface area contributed by atoms with Gasteiger partial charge < -0.3 is 4.90 Å². The van der Waals surface area contributed by atoms with Crippen molar-refractivity contribution >= 4 is 5.91 Å². The molecule has 0 unspecified atom stereocenters. The lowest BCUT2D eigenvalue weighted by molar-refractivity contribution is -0.138. The third-order valence-corrected chi connectivity index (χ3v) is 4.51. The molecule has 0 spiro atoms. The van der Waals surface area contributed by atoms with E-state index >= 15 is 0 Å². The lowest BCUT2D eigenvalue weighted by atomic mass is 9.86. The maximum atomic E-state index is 13.2. The maximum absolute atomic E-state index is 13.2. The van der Waals surface area contributed by atoms with Gasteiger partial charge in [-0.05, 0) is 49.4 Å². The van der Waals surface area contributed by atoms with Crippen LogP contribution in [0.5, 0.6) is 0 Å². The lowest BCUT2D eigenvalue weighted by Gasteiger charge is -2.33. The number of hydrogen-bond acceptors (Lipinski definition) is 3. The van der Waals surface area contributed by atoms with Crippen LogP contribution in [0.3, 0.4) is 0 Å². The zero-order valence-electron chi connectivity index (χ0n) is 13.8. The molecule has 1 fully saturated rings. The molecule has 0 radical (unpaired) electrons. The molecule has 3 rings (SSSR count). The van der Waals surface area contributed by atoms with Crippen LogP contribution < -0.4 is 0 Å². The zero-order chi connectivity index (χ0) is 18.0. The number of amides is 1. The van der Waals surface area contributed by atoms with Crippen LogP contribution in [0.1, 0.15) is 46.1 Å². The summed E-state index contributed by atoms with van der Waals surface area (Å²) in [6.07, 6.45) is -3.36. The first-order valence-corrected chi connectivity index (χ1v) is 8.12. The Kier molecular flexibility index (Phi) is 4.74. The summed E-state index contributed by atoms with van der Waals surface area (Å²) in [5.41, 5.74) is 0.722. The third-order valence-electron chi connectivity index (χ3n) is 4.51. The van der Waals surface area contributed by atoms with E-state index in [-0.39, 0.29) is 17.5 Å². The average Bonchev–Trinajstić information content (AvgIpc) is 2.61. The average molecular weight is 349 g/mol. The number of benzene rings is 1. The Morgan fingerprint density at radius 3 is 2.36 bits per heavy atom. The molecule has 1 amide bonds. The monoisotopic (exact) mass is 349 g/mol. The van der Waals surface area contributed by atoms with Gasteiger partial charge in [0.2, 0.25) is 0 Å². The molecule has 0 N–H and O–H groups in total. The Morgan fingerprint density at radius 1 is 1.08 bits per heavy atom. The number of likely N-dealkylation sites (tertiary alicyclic amines) is 1. The van der Waals surface area contributed by atoms with Crippen molar-refractivity contribution in [3.05, 3.63) is 58.9 Å². The molecule has 0 saturated carbocycles. The van der Waals surface area contributed by atoms with E-state index in [2.05, 4.69) is 10.2 Å². The van der Waals surface area contributed by atoms with Gasteiger partial charge in [0.05, 0.1) is 11.3 Å². The van der Waals surface area contributed by atoms with Gasteiger partial charge in [-0.15, -0.1) is 5.10 Å². The molecule has 1 aliphatic rings. The summed E-state index contributed by atoms with van der Waals surface area (Å²) in [6.45, 7) is 2.60. The number of hydrogen-bond donors (Lipinski definition) is 0. The van der Waals surface area contributed by atoms with Gasteiger partial charge in [-0.3, -0.25) is 4.79 Å². The van der Waals surface area contributed by atoms with Gasteiger partial charge in [0.15, 0.2) is 5.69 Å². The smallest absolute Gasteiger partial charge is 0.337 e. The molecule has 0 aliphatic carbocycles. The summed E-state index contributed by atoms with van der Waals surface area (Å²) < 4.78 is 39.5. The second-order valence-electron chi connectivity index (χ2n) is 6.21. The van der Waals surface area contributed by atoms with E-state index in [4.69, 9.17) is 0 Å². The van der Waals surface area contributed by atoms with Crippen LogP contribution in [0.2, 0.25) is 0 Å². The minimum absolute atomic E-state index is 0.203. The van der Waals surface area contributed by atoms with Gasteiger partial charge in [0.25, 0.3) is 5.91 Å². The van der Waals surface area contributed by atoms with Crippen molar-refractivity contribution < 1.29 is 18.0 Å². The molecule has 2 aromatic rings. The van der Waals surface area contributed by atoms with E-state index in [9.17, 15) is 18.0 Å². The molecule has 1 aliphatic heterocycles. The van der Waals surface area contributed by atoms with Gasteiger partial charge in [-0.25, -0.2) is 0 Å². The van der Waals surface area contributed by atoms with E-state index in [0.717, 1.165) is 11.8 Å². The predicted octanol–water partition coefficient (Wildman–Crippen LogP) is 3.82. The number of aryl methyl sites for hydroxylation is 1. The van der Waals surface area contributed by atoms with Crippen LogP contribution in [0, 0.1) is 6.92 Å². The van der Waals surface area contributed by atoms with Crippen molar-refractivity contribution in [2.75, 3.05) is 13.1 Å². The van der Waals surface area contributed by atoms with Crippen LogP contribution in [-0.2, 0) is 6.18 Å². The van der Waals surface area contributed by atoms with E-state index in [1.165, 1.54) is 12.1 Å². The fourth-order valence-corrected chi connectivity index (χ4v) is 3.18. The molecule has 132 valence electrons. The second kappa shape index (κ2) is 6.82. The first kappa shape index (κ1) is 17.4. The van der Waals surface area contributed by atoms with Crippen molar-refractivity contribution in [2.45, 2.75) is 31.9 Å². The summed E-state index contributed by atoms with van der Waals surface area (Å²) >= 11 is 0. The molecule has 25 heavy (non-hydrogen) atoms. The SMILES string of the molecule is Cc1ccc(C(=O)N2CCC(c3ccccc3C(F)(F)F)CC2)nn1. The van der Waals surface area contributed by atoms with Crippen molar-refractivity contribution in [2.24, 2.45) is 0 Å². The summed E-state index contributed by atoms with van der Waals surface area (Å²) in [4.78, 5) is 14.1. The summed E-state index contributed by atoms with van der Waals surface area (Å²) in [5.74, 6) is -0.430. The Morgan fingerprint density at radius 2 is 1.76 bits per heavy atom. The standard InChI is InChI=1S/C18H18F3N3O/c1-12-6-7-16(23-22-12)17(25)24-10-8-13(9-11-24)14-4-2-3-5-15(14)18(19,20)21/h2-7,13H,8-11H2,1H3. The van der Waals surface area contributed by atoms with Crippen LogP contribution >= 0.6 is 0 Å². The molecular formula is C18H18F3N3O. The highest BCUT2D eigenvalue weighted by Crippen LogP contribution is 2.38. The first-order valence-electron chi connectivity index (χ1n) is 8.12. The molecule has 4 nitrogen and oxygen atoms in total. The number of aromatic nitrogens is 2. The van der Waals surface area contributed by atoms with Crippen molar-refractivity contribution in [3.8, 4) is 0 Å². The summed E-state index contributed by atoms with van der Waals surface area (Å²) in [6, 6.07) is 9.03. The number of piperidine rings is 1. The highest BCUT2D eigenvalue weighted by Gasteiger charge is 2.36. The fraction of sp³-hybridized carbons (Fsp3) is 0.389. The molecule has 1 saturated heterocycles. The molecule has 1 aromatic carbocycles. The number of halogens is 3. The molecule has 1 aromatic heterocycles. The van der Waals surface area contributed by atoms with Crippen LogP contribution in [-0.4, -0.2) is 34.1 Å². The predicted molar refractivity (Wildman–Crippen MR) is 86.1 cm³/mol. The number of nitrogens with zero attached hydrogens (tertiary/aromatic N) is 3. The molecule has 2 heterocycles. The number of alkyl halides is 3. The molecular weight excluding hydrogens is 331 g/mol. The van der Waals surface area contributed by atoms with E-state index in [1.54, 1.807) is 30.0 Å². The summed E-state index contributed by atoms with van der Waals surface area (Å²) in [5, 5.41) is 7.76. The summed E-state index contributed by atoms with van der Waals surface area (Å²) in [7, 11) is 0. The Balaban J connectivity index is 1.70. The number of carbonyl (C=O) groups is 1. The van der Waals surface area contributed by atoms with E-state index in [1.807, 2.05) is 0 Å². The van der Waals surface area contributed by atoms with Crippen molar-refractivity contribution in [3.63, 3.8) is 0 Å². The molecule has 0 atom stereocenters. The van der Waals surface area contributed by atoms with Crippen LogP contribution in [0.4, 0.5) is 13.2 Å². The van der Waals surface area contributed by atoms with Crippen molar-refractivity contribution in [1.82, 2.24) is 15.1 Å².